The monoisotopic (exact) mass is 482 g/mol. The molecule has 3 aromatic rings. The highest BCUT2D eigenvalue weighted by molar-refractivity contribution is 7.90. The van der Waals surface area contributed by atoms with Gasteiger partial charge in [0.15, 0.2) is 0 Å². The van der Waals surface area contributed by atoms with E-state index in [9.17, 15) is 31.2 Å². The zero-order valence-corrected chi connectivity index (χ0v) is 17.5. The van der Waals surface area contributed by atoms with Gasteiger partial charge < -0.3 is 15.5 Å². The summed E-state index contributed by atoms with van der Waals surface area (Å²) in [6.45, 7) is 0. The van der Waals surface area contributed by atoms with Gasteiger partial charge in [-0.25, -0.2) is 18.2 Å². The molecule has 4 rings (SSSR count). The summed E-state index contributed by atoms with van der Waals surface area (Å²) in [5.41, 5.74) is 7.67. The molecule has 1 amide bonds. The van der Waals surface area contributed by atoms with Crippen molar-refractivity contribution in [2.75, 3.05) is 0 Å². The van der Waals surface area contributed by atoms with Crippen LogP contribution in [0.25, 0.3) is 11.0 Å². The van der Waals surface area contributed by atoms with E-state index in [1.807, 2.05) is 4.72 Å². The highest BCUT2D eigenvalue weighted by Gasteiger charge is 2.42. The zero-order valence-electron chi connectivity index (χ0n) is 16.7. The number of aromatic amines is 1. The molecular weight excluding hydrogens is 465 g/mol. The molecule has 4 N–H and O–H groups in total. The quantitative estimate of drug-likeness (QED) is 0.373. The molecule has 33 heavy (non-hydrogen) atoms. The molecule has 0 saturated carbocycles. The van der Waals surface area contributed by atoms with Gasteiger partial charge in [-0.15, -0.1) is 0 Å². The number of halogens is 3. The third kappa shape index (κ3) is 4.68. The van der Waals surface area contributed by atoms with Crippen LogP contribution < -0.4 is 15.2 Å². The number of nitrogens with one attached hydrogen (secondary N) is 2. The number of sulfonamides is 1. The topological polar surface area (TPSA) is 144 Å². The number of para-hydroxylation sites is 2. The number of nitrogens with two attached hydrogens (primary N) is 1. The van der Waals surface area contributed by atoms with E-state index in [2.05, 4.69) is 14.7 Å². The van der Waals surface area contributed by atoms with Crippen molar-refractivity contribution in [1.82, 2.24) is 14.7 Å². The summed E-state index contributed by atoms with van der Waals surface area (Å²) in [7, 11) is -4.06. The summed E-state index contributed by atoms with van der Waals surface area (Å²) in [5, 5.41) is -1.33. The molecule has 13 heteroatoms. The lowest BCUT2D eigenvalue weighted by atomic mass is 10.0. The Morgan fingerprint density at radius 1 is 1.24 bits per heavy atom. The van der Waals surface area contributed by atoms with Crippen LogP contribution in [-0.4, -0.2) is 36.4 Å². The molecule has 2 aromatic carbocycles. The van der Waals surface area contributed by atoms with Gasteiger partial charge in [-0.3, -0.25) is 9.52 Å². The average Bonchev–Trinajstić information content (AvgIpc) is 3.28. The van der Waals surface area contributed by atoms with Gasteiger partial charge in [0.05, 0.1) is 23.5 Å². The van der Waals surface area contributed by atoms with Crippen molar-refractivity contribution in [2.24, 2.45) is 5.73 Å². The Morgan fingerprint density at radius 2 is 1.97 bits per heavy atom. The fourth-order valence-corrected chi connectivity index (χ4v) is 4.94. The molecule has 1 unspecified atom stereocenters. The number of hydrogen-bond acceptors (Lipinski definition) is 7. The number of carbonyl (C=O) groups is 2. The maximum atomic E-state index is 12.8. The number of imidazole rings is 1. The van der Waals surface area contributed by atoms with Crippen LogP contribution in [-0.2, 0) is 26.0 Å². The van der Waals surface area contributed by atoms with Gasteiger partial charge in [0.25, 0.3) is 0 Å². The molecule has 0 radical (unpaired) electrons. The Bertz CT molecular complexity index is 1320. The van der Waals surface area contributed by atoms with Crippen molar-refractivity contribution < 1.29 is 35.9 Å². The minimum Gasteiger partial charge on any atom is -0.420 e. The number of ether oxygens (including phenoxy) is 1. The minimum atomic E-state index is -5.27. The van der Waals surface area contributed by atoms with Crippen LogP contribution in [0.4, 0.5) is 13.2 Å². The number of amides is 1. The molecule has 174 valence electrons. The van der Waals surface area contributed by atoms with Gasteiger partial charge in [0.2, 0.25) is 15.9 Å². The predicted molar refractivity (Wildman–Crippen MR) is 109 cm³/mol. The molecule has 0 spiro atoms. The molecule has 0 bridgehead atoms. The normalized spacial score (nSPS) is 18.8. The van der Waals surface area contributed by atoms with Crippen LogP contribution in [0.3, 0.4) is 0 Å². The molecule has 1 saturated heterocycles. The van der Waals surface area contributed by atoms with Crippen molar-refractivity contribution >= 4 is 32.9 Å². The Hall–Kier alpha value is -3.45. The molecule has 1 fully saturated rings. The van der Waals surface area contributed by atoms with E-state index in [1.54, 1.807) is 24.3 Å². The summed E-state index contributed by atoms with van der Waals surface area (Å²) in [6, 6.07) is 9.97. The lowest BCUT2D eigenvalue weighted by Gasteiger charge is -2.17. The number of nitrogens with zero attached hydrogens (tertiary/aromatic N) is 1. The number of alkyl halides is 3. The van der Waals surface area contributed by atoms with Crippen LogP contribution in [0.5, 0.6) is 5.75 Å². The number of benzene rings is 2. The number of fused-ring (bicyclic) bond motifs is 1. The van der Waals surface area contributed by atoms with E-state index in [0.717, 1.165) is 6.07 Å². The standard InChI is InChI=1S/C20H17F3N4O5S/c21-20(22,23)19(29)32-15-8-11(16-9-17(28)27-33(16,30)31)6-5-10(15)7-12(24)18-25-13-3-1-2-4-14(13)26-18/h1-6,8,12,16H,7,9,24H2,(H,25,26)(H,27,28)/t12-,16?/m0/s1. The van der Waals surface area contributed by atoms with Gasteiger partial charge in [-0.05, 0) is 35.7 Å². The summed E-state index contributed by atoms with van der Waals surface area (Å²) in [5.74, 6) is -3.36. The fourth-order valence-electron chi connectivity index (χ4n) is 3.52. The maximum Gasteiger partial charge on any atom is 0.491 e. The minimum absolute atomic E-state index is 0.000571. The number of H-pyrrole nitrogens is 1. The van der Waals surface area contributed by atoms with Crippen LogP contribution in [0.2, 0.25) is 0 Å². The molecule has 2 atom stereocenters. The van der Waals surface area contributed by atoms with Gasteiger partial charge in [0, 0.05) is 0 Å². The molecule has 1 aliphatic heterocycles. The van der Waals surface area contributed by atoms with Crippen LogP contribution in [0, 0.1) is 0 Å². The van der Waals surface area contributed by atoms with E-state index in [1.165, 1.54) is 12.1 Å². The third-order valence-electron chi connectivity index (χ3n) is 5.10. The second-order valence-electron chi connectivity index (χ2n) is 7.47. The number of carbonyl (C=O) groups excluding carboxylic acids is 2. The van der Waals surface area contributed by atoms with Gasteiger partial charge >= 0.3 is 12.1 Å². The number of hydrogen-bond donors (Lipinski definition) is 3. The highest BCUT2D eigenvalue weighted by Crippen LogP contribution is 2.35. The maximum absolute atomic E-state index is 12.8. The molecule has 0 aliphatic carbocycles. The van der Waals surface area contributed by atoms with Gasteiger partial charge in [-0.2, -0.15) is 13.2 Å². The molecule has 1 aromatic heterocycles. The molecule has 2 heterocycles. The first kappa shape index (κ1) is 22.7. The Labute approximate surface area is 185 Å². The smallest absolute Gasteiger partial charge is 0.420 e. The van der Waals surface area contributed by atoms with Crippen molar-refractivity contribution in [3.63, 3.8) is 0 Å². The van der Waals surface area contributed by atoms with Crippen molar-refractivity contribution in [2.45, 2.75) is 30.3 Å². The van der Waals surface area contributed by atoms with E-state index >= 15 is 0 Å². The lowest BCUT2D eigenvalue weighted by molar-refractivity contribution is -0.189. The largest absolute Gasteiger partial charge is 0.491 e. The Balaban J connectivity index is 1.68. The fraction of sp³-hybridized carbons (Fsp3) is 0.250. The van der Waals surface area contributed by atoms with E-state index in [4.69, 9.17) is 5.73 Å². The van der Waals surface area contributed by atoms with Crippen LogP contribution in [0.15, 0.2) is 42.5 Å². The lowest BCUT2D eigenvalue weighted by Crippen LogP contribution is -2.28. The Morgan fingerprint density at radius 3 is 2.61 bits per heavy atom. The Kier molecular flexibility index (Phi) is 5.62. The number of rotatable bonds is 5. The first-order chi connectivity index (χ1) is 15.4. The number of esters is 1. The van der Waals surface area contributed by atoms with E-state index in [0.29, 0.717) is 16.9 Å². The summed E-state index contributed by atoms with van der Waals surface area (Å²) in [6.07, 6.45) is -5.76. The first-order valence-corrected chi connectivity index (χ1v) is 11.1. The average molecular weight is 482 g/mol. The van der Waals surface area contributed by atoms with Crippen molar-refractivity contribution in [1.29, 1.82) is 0 Å². The van der Waals surface area contributed by atoms with Crippen molar-refractivity contribution in [3.05, 3.63) is 59.4 Å². The first-order valence-electron chi connectivity index (χ1n) is 9.60. The second-order valence-corrected chi connectivity index (χ2v) is 9.33. The predicted octanol–water partition coefficient (Wildman–Crippen LogP) is 2.16. The van der Waals surface area contributed by atoms with E-state index < -0.39 is 51.5 Å². The SMILES string of the molecule is N[C@@H](Cc1ccc(C2CC(=O)NS2(=O)=O)cc1OC(=O)C(F)(F)F)c1nc2ccccc2[nH]1. The van der Waals surface area contributed by atoms with Crippen LogP contribution >= 0.6 is 0 Å². The van der Waals surface area contributed by atoms with Gasteiger partial charge in [0.1, 0.15) is 16.8 Å². The molecular formula is C20H17F3N4O5S. The summed E-state index contributed by atoms with van der Waals surface area (Å²) >= 11 is 0. The van der Waals surface area contributed by atoms with Crippen LogP contribution in [0.1, 0.15) is 34.7 Å². The summed E-state index contributed by atoms with van der Waals surface area (Å²) < 4.78 is 69.1. The second kappa shape index (κ2) is 8.15. The third-order valence-corrected chi connectivity index (χ3v) is 6.80. The number of aromatic nitrogens is 2. The zero-order chi connectivity index (χ0) is 24.0. The molecule has 9 nitrogen and oxygen atoms in total. The van der Waals surface area contributed by atoms with Gasteiger partial charge in [-0.1, -0.05) is 24.3 Å². The molecule has 1 aliphatic rings. The highest BCUT2D eigenvalue weighted by atomic mass is 32.2. The summed E-state index contributed by atoms with van der Waals surface area (Å²) in [4.78, 5) is 30.4. The van der Waals surface area contributed by atoms with Crippen molar-refractivity contribution in [3.8, 4) is 5.75 Å². The van der Waals surface area contributed by atoms with E-state index in [-0.39, 0.29) is 17.5 Å².